The lowest BCUT2D eigenvalue weighted by atomic mass is 9.88. The van der Waals surface area contributed by atoms with Crippen LogP contribution >= 0.6 is 0 Å². The van der Waals surface area contributed by atoms with Gasteiger partial charge >= 0.3 is 12.4 Å². The summed E-state index contributed by atoms with van der Waals surface area (Å²) in [6, 6.07) is 6.45. The fourth-order valence-electron chi connectivity index (χ4n) is 2.77. The number of nitrogens with one attached hydrogen (secondary N) is 1. The molecule has 2 N–H and O–H groups in total. The molecule has 0 aliphatic carbocycles. The molecule has 0 heterocycles. The van der Waals surface area contributed by atoms with E-state index in [4.69, 9.17) is 6.57 Å². The number of nitrogens with zero attached hydrogens (tertiary/aromatic N) is 1. The molecular formula is C19H16F6N2O3S. The molecular weight excluding hydrogens is 450 g/mol. The molecule has 0 atom stereocenters. The van der Waals surface area contributed by atoms with Crippen LogP contribution < -0.4 is 4.72 Å². The lowest BCUT2D eigenvalue weighted by Gasteiger charge is -2.33. The fourth-order valence-corrected chi connectivity index (χ4v) is 3.90. The van der Waals surface area contributed by atoms with Crippen molar-refractivity contribution in [3.05, 3.63) is 65.0 Å². The van der Waals surface area contributed by atoms with Gasteiger partial charge in [0.05, 0.1) is 17.2 Å². The van der Waals surface area contributed by atoms with Gasteiger partial charge < -0.3 is 5.11 Å². The van der Waals surface area contributed by atoms with E-state index in [1.165, 1.54) is 32.0 Å². The van der Waals surface area contributed by atoms with Gasteiger partial charge in [0, 0.05) is 5.56 Å². The van der Waals surface area contributed by atoms with E-state index in [9.17, 15) is 39.9 Å². The predicted molar refractivity (Wildman–Crippen MR) is 100 cm³/mol. The Bertz CT molecular complexity index is 1100. The fraction of sp³-hybridized carbons (Fsp3) is 0.316. The minimum atomic E-state index is -6.07. The summed E-state index contributed by atoms with van der Waals surface area (Å²) in [7, 11) is -4.31. The van der Waals surface area contributed by atoms with E-state index < -0.39 is 39.5 Å². The predicted octanol–water partition coefficient (Wildman–Crippen LogP) is 5.47. The standard InChI is InChI=1S/C19H16F6N2O3S/c1-11(2)15-9-12(17(28,18(20,21)22)19(23,24)25)7-8-16(15)27-31(29,30)14-6-4-5-13(10-14)26-3/h4-11,27-28H,1-2H3. The van der Waals surface area contributed by atoms with Crippen LogP contribution in [0.3, 0.4) is 0 Å². The molecule has 0 aliphatic rings. The summed E-state index contributed by atoms with van der Waals surface area (Å²) in [4.78, 5) is 2.78. The van der Waals surface area contributed by atoms with E-state index in [1.807, 2.05) is 0 Å². The van der Waals surface area contributed by atoms with E-state index in [0.29, 0.717) is 12.1 Å². The van der Waals surface area contributed by atoms with Gasteiger partial charge in [-0.25, -0.2) is 13.3 Å². The van der Waals surface area contributed by atoms with Crippen molar-refractivity contribution in [3.63, 3.8) is 0 Å². The molecule has 0 bridgehead atoms. The highest BCUT2D eigenvalue weighted by atomic mass is 32.2. The minimum absolute atomic E-state index is 0.0164. The van der Waals surface area contributed by atoms with Crippen molar-refractivity contribution in [2.45, 2.75) is 42.6 Å². The van der Waals surface area contributed by atoms with Gasteiger partial charge in [-0.1, -0.05) is 32.0 Å². The molecule has 0 unspecified atom stereocenters. The van der Waals surface area contributed by atoms with Gasteiger partial charge in [-0.3, -0.25) is 4.72 Å². The van der Waals surface area contributed by atoms with Gasteiger partial charge in [0.25, 0.3) is 15.6 Å². The number of rotatable bonds is 5. The Morgan fingerprint density at radius 1 is 1.00 bits per heavy atom. The first-order valence-electron chi connectivity index (χ1n) is 8.55. The molecule has 0 radical (unpaired) electrons. The maximum absolute atomic E-state index is 13.2. The highest BCUT2D eigenvalue weighted by molar-refractivity contribution is 7.92. The lowest BCUT2D eigenvalue weighted by Crippen LogP contribution is -2.54. The maximum Gasteiger partial charge on any atom is 0.430 e. The summed E-state index contributed by atoms with van der Waals surface area (Å²) in [5.74, 6) is -0.710. The summed E-state index contributed by atoms with van der Waals surface area (Å²) >= 11 is 0. The Balaban J connectivity index is 2.61. The zero-order valence-corrected chi connectivity index (χ0v) is 16.8. The number of aliphatic hydroxyl groups is 1. The number of anilines is 1. The van der Waals surface area contributed by atoms with E-state index in [0.717, 1.165) is 12.1 Å². The Morgan fingerprint density at radius 2 is 1.58 bits per heavy atom. The van der Waals surface area contributed by atoms with Crippen LogP contribution in [-0.2, 0) is 15.6 Å². The SMILES string of the molecule is [C-]#[N+]c1cccc(S(=O)(=O)Nc2ccc(C(O)(C(F)(F)F)C(F)(F)F)cc2C(C)C)c1. The van der Waals surface area contributed by atoms with Crippen LogP contribution in [0.25, 0.3) is 4.85 Å². The molecule has 5 nitrogen and oxygen atoms in total. The molecule has 0 aromatic heterocycles. The first-order chi connectivity index (χ1) is 14.0. The highest BCUT2D eigenvalue weighted by Crippen LogP contribution is 2.50. The van der Waals surface area contributed by atoms with E-state index in [2.05, 4.69) is 9.57 Å². The van der Waals surface area contributed by atoms with Crippen LogP contribution in [0.1, 0.15) is 30.9 Å². The molecule has 0 amide bonds. The van der Waals surface area contributed by atoms with Crippen molar-refractivity contribution in [1.29, 1.82) is 0 Å². The van der Waals surface area contributed by atoms with Crippen LogP contribution in [0.5, 0.6) is 0 Å². The minimum Gasteiger partial charge on any atom is -0.369 e. The van der Waals surface area contributed by atoms with Crippen LogP contribution in [0.4, 0.5) is 37.7 Å². The summed E-state index contributed by atoms with van der Waals surface area (Å²) < 4.78 is 106. The first-order valence-corrected chi connectivity index (χ1v) is 10.0. The van der Waals surface area contributed by atoms with Crippen molar-refractivity contribution >= 4 is 21.4 Å². The molecule has 2 aromatic carbocycles. The largest absolute Gasteiger partial charge is 0.430 e. The second-order valence-corrected chi connectivity index (χ2v) is 8.56. The average molecular weight is 466 g/mol. The molecule has 0 saturated carbocycles. The van der Waals surface area contributed by atoms with Crippen molar-refractivity contribution in [3.8, 4) is 0 Å². The molecule has 2 rings (SSSR count). The van der Waals surface area contributed by atoms with Gasteiger partial charge in [0.2, 0.25) is 0 Å². The first kappa shape index (κ1) is 24.5. The number of hydrogen-bond donors (Lipinski definition) is 2. The van der Waals surface area contributed by atoms with Crippen LogP contribution in [0.15, 0.2) is 47.4 Å². The number of sulfonamides is 1. The molecule has 0 spiro atoms. The van der Waals surface area contributed by atoms with Gasteiger partial charge in [-0.15, -0.1) is 0 Å². The number of hydrogen-bond acceptors (Lipinski definition) is 3. The molecule has 2 aromatic rings. The second-order valence-electron chi connectivity index (χ2n) is 6.88. The normalized spacial score (nSPS) is 13.2. The molecule has 12 heteroatoms. The third-order valence-corrected chi connectivity index (χ3v) is 5.78. The van der Waals surface area contributed by atoms with E-state index in [-0.39, 0.29) is 21.8 Å². The summed E-state index contributed by atoms with van der Waals surface area (Å²) in [5.41, 5.74) is -7.07. The van der Waals surface area contributed by atoms with E-state index >= 15 is 0 Å². The maximum atomic E-state index is 13.2. The van der Waals surface area contributed by atoms with E-state index in [1.54, 1.807) is 0 Å². The second kappa shape index (κ2) is 8.05. The third-order valence-electron chi connectivity index (χ3n) is 4.41. The van der Waals surface area contributed by atoms with Crippen LogP contribution in [0, 0.1) is 6.57 Å². The molecule has 168 valence electrons. The van der Waals surface area contributed by atoms with Crippen molar-refractivity contribution in [2.24, 2.45) is 0 Å². The Kier molecular flexibility index (Phi) is 6.36. The number of alkyl halides is 6. The zero-order valence-electron chi connectivity index (χ0n) is 16.0. The summed E-state index contributed by atoms with van der Waals surface area (Å²) in [6.07, 6.45) is -12.1. The monoisotopic (exact) mass is 466 g/mol. The lowest BCUT2D eigenvalue weighted by molar-refractivity contribution is -0.376. The topological polar surface area (TPSA) is 70.8 Å². The molecule has 0 saturated heterocycles. The Hall–Kier alpha value is -2.78. The van der Waals surface area contributed by atoms with Gasteiger partial charge in [-0.05, 0) is 35.7 Å². The van der Waals surface area contributed by atoms with Gasteiger partial charge in [-0.2, -0.15) is 26.3 Å². The van der Waals surface area contributed by atoms with Crippen LogP contribution in [0.2, 0.25) is 0 Å². The zero-order chi connectivity index (χ0) is 23.8. The van der Waals surface area contributed by atoms with Crippen molar-refractivity contribution in [1.82, 2.24) is 0 Å². The molecule has 31 heavy (non-hydrogen) atoms. The number of benzene rings is 2. The third kappa shape index (κ3) is 4.62. The summed E-state index contributed by atoms with van der Waals surface area (Å²) in [5, 5.41) is 9.60. The van der Waals surface area contributed by atoms with Crippen LogP contribution in [-0.4, -0.2) is 25.9 Å². The molecule has 0 fully saturated rings. The van der Waals surface area contributed by atoms with Crippen molar-refractivity contribution in [2.75, 3.05) is 4.72 Å². The number of halogens is 6. The Labute approximate surface area is 174 Å². The van der Waals surface area contributed by atoms with Gasteiger partial charge in [0.15, 0.2) is 5.69 Å². The van der Waals surface area contributed by atoms with Gasteiger partial charge in [0.1, 0.15) is 0 Å². The molecule has 0 aliphatic heterocycles. The summed E-state index contributed by atoms with van der Waals surface area (Å²) in [6.45, 7) is 9.80. The highest BCUT2D eigenvalue weighted by Gasteiger charge is 2.71. The quantitative estimate of drug-likeness (QED) is 0.453. The smallest absolute Gasteiger partial charge is 0.369 e. The Morgan fingerprint density at radius 3 is 2.06 bits per heavy atom. The average Bonchev–Trinajstić information content (AvgIpc) is 2.65. The van der Waals surface area contributed by atoms with Crippen molar-refractivity contribution < 1.29 is 39.9 Å².